The molecule has 4 N–H and O–H groups in total. The van der Waals surface area contributed by atoms with Crippen molar-refractivity contribution >= 4 is 45.8 Å². The van der Waals surface area contributed by atoms with Crippen LogP contribution in [0.25, 0.3) is 10.8 Å². The molecule has 0 saturated heterocycles. The summed E-state index contributed by atoms with van der Waals surface area (Å²) < 4.78 is 1.26. The average molecular weight is 433 g/mol. The highest BCUT2D eigenvalue weighted by Crippen LogP contribution is 2.24. The molecule has 31 heavy (non-hydrogen) atoms. The van der Waals surface area contributed by atoms with Gasteiger partial charge >= 0.3 is 0 Å². The van der Waals surface area contributed by atoms with Crippen molar-refractivity contribution in [3.05, 3.63) is 72.6 Å². The number of benzene rings is 2. The lowest BCUT2D eigenvalue weighted by molar-refractivity contribution is -0.113. The first kappa shape index (κ1) is 20.4. The highest BCUT2D eigenvalue weighted by Gasteiger charge is 2.13. The third kappa shape index (κ3) is 4.81. The zero-order valence-corrected chi connectivity index (χ0v) is 17.5. The number of hydrogen-bond acceptors (Lipinski definition) is 8. The molecular weight excluding hydrogens is 412 g/mol. The molecule has 0 saturated carbocycles. The summed E-state index contributed by atoms with van der Waals surface area (Å²) in [5, 5.41) is 17.6. The molecule has 0 unspecified atom stereocenters. The molecule has 10 heteroatoms. The van der Waals surface area contributed by atoms with Gasteiger partial charge in [-0.2, -0.15) is 5.10 Å². The van der Waals surface area contributed by atoms with Crippen molar-refractivity contribution < 1.29 is 4.79 Å². The summed E-state index contributed by atoms with van der Waals surface area (Å²) in [6.45, 7) is 1.82. The monoisotopic (exact) mass is 432 g/mol. The number of hydrogen-bond donors (Lipinski definition) is 3. The van der Waals surface area contributed by atoms with Crippen LogP contribution in [0.1, 0.15) is 12.6 Å². The molecule has 9 nitrogen and oxygen atoms in total. The molecule has 156 valence electrons. The standard InChI is InChI=1S/C21H20N8OS/c1-14(17-10-4-5-12-23-17)25-26-20-27-28-21(29(20)22)31-13-19(30)24-18-11-6-8-15-7-2-3-9-16(15)18/h2-12H,13,22H2,1H3,(H,24,30)(H,26,27)/b25-14+. The minimum atomic E-state index is -0.164. The molecule has 2 heterocycles. The number of nitrogen functional groups attached to an aromatic ring is 1. The van der Waals surface area contributed by atoms with Crippen molar-refractivity contribution in [2.75, 3.05) is 22.3 Å². The van der Waals surface area contributed by atoms with Gasteiger partial charge in [0.25, 0.3) is 5.95 Å². The summed E-state index contributed by atoms with van der Waals surface area (Å²) >= 11 is 1.18. The van der Waals surface area contributed by atoms with Crippen LogP contribution in [0.5, 0.6) is 0 Å². The summed E-state index contributed by atoms with van der Waals surface area (Å²) in [6, 6.07) is 19.2. The van der Waals surface area contributed by atoms with E-state index in [4.69, 9.17) is 5.84 Å². The van der Waals surface area contributed by atoms with E-state index in [0.29, 0.717) is 10.9 Å². The molecule has 0 fully saturated rings. The number of aromatic nitrogens is 4. The van der Waals surface area contributed by atoms with Gasteiger partial charge in [-0.05, 0) is 30.5 Å². The Kier molecular flexibility index (Phi) is 6.08. The first-order valence-corrected chi connectivity index (χ1v) is 10.4. The maximum atomic E-state index is 12.4. The molecule has 0 radical (unpaired) electrons. The normalized spacial score (nSPS) is 11.5. The second kappa shape index (κ2) is 9.26. The van der Waals surface area contributed by atoms with Crippen molar-refractivity contribution in [2.24, 2.45) is 5.10 Å². The van der Waals surface area contributed by atoms with Crippen molar-refractivity contribution in [2.45, 2.75) is 12.1 Å². The zero-order chi connectivity index (χ0) is 21.6. The predicted octanol–water partition coefficient (Wildman–Crippen LogP) is 3.11. The van der Waals surface area contributed by atoms with Gasteiger partial charge in [0.2, 0.25) is 11.1 Å². The minimum Gasteiger partial charge on any atom is -0.334 e. The summed E-state index contributed by atoms with van der Waals surface area (Å²) in [4.78, 5) is 16.7. The molecule has 0 bridgehead atoms. The zero-order valence-electron chi connectivity index (χ0n) is 16.7. The third-order valence-corrected chi connectivity index (χ3v) is 5.36. The smallest absolute Gasteiger partial charge is 0.264 e. The fourth-order valence-corrected chi connectivity index (χ4v) is 3.53. The fraction of sp³-hybridized carbons (Fsp3) is 0.0952. The largest absolute Gasteiger partial charge is 0.334 e. The van der Waals surface area contributed by atoms with E-state index >= 15 is 0 Å². The molecule has 2 aromatic heterocycles. The number of rotatable bonds is 7. The molecule has 1 amide bonds. The second-order valence-electron chi connectivity index (χ2n) is 6.56. The van der Waals surface area contributed by atoms with Crippen molar-refractivity contribution in [3.63, 3.8) is 0 Å². The van der Waals surface area contributed by atoms with Crippen LogP contribution >= 0.6 is 11.8 Å². The van der Waals surface area contributed by atoms with E-state index in [1.54, 1.807) is 6.20 Å². The lowest BCUT2D eigenvalue weighted by Gasteiger charge is -2.08. The number of pyridine rings is 1. The Hall–Kier alpha value is -3.92. The summed E-state index contributed by atoms with van der Waals surface area (Å²) in [6.07, 6.45) is 1.69. The lowest BCUT2D eigenvalue weighted by Crippen LogP contribution is -2.17. The van der Waals surface area contributed by atoms with E-state index < -0.39 is 0 Å². The van der Waals surface area contributed by atoms with E-state index in [1.165, 1.54) is 16.4 Å². The number of amides is 1. The van der Waals surface area contributed by atoms with Crippen LogP contribution in [0.2, 0.25) is 0 Å². The number of nitrogens with one attached hydrogen (secondary N) is 2. The molecule has 0 aliphatic rings. The molecule has 4 rings (SSSR count). The minimum absolute atomic E-state index is 0.134. The van der Waals surface area contributed by atoms with Gasteiger partial charge < -0.3 is 11.2 Å². The van der Waals surface area contributed by atoms with Crippen LogP contribution in [-0.2, 0) is 4.79 Å². The number of thioether (sulfide) groups is 1. The van der Waals surface area contributed by atoms with Crippen LogP contribution in [-0.4, -0.2) is 37.2 Å². The van der Waals surface area contributed by atoms with Crippen molar-refractivity contribution in [1.82, 2.24) is 19.9 Å². The number of anilines is 2. The highest BCUT2D eigenvalue weighted by molar-refractivity contribution is 7.99. The van der Waals surface area contributed by atoms with Gasteiger partial charge in [0.1, 0.15) is 0 Å². The Bertz CT molecular complexity index is 1230. The number of nitrogens with zero attached hydrogens (tertiary/aromatic N) is 5. The fourth-order valence-electron chi connectivity index (χ4n) is 2.87. The van der Waals surface area contributed by atoms with Gasteiger partial charge in [-0.25, -0.2) is 10.1 Å². The summed E-state index contributed by atoms with van der Waals surface area (Å²) in [7, 11) is 0. The number of hydrazone groups is 1. The molecule has 2 aromatic carbocycles. The maximum Gasteiger partial charge on any atom is 0.264 e. The van der Waals surface area contributed by atoms with Crippen LogP contribution in [0.3, 0.4) is 0 Å². The van der Waals surface area contributed by atoms with Gasteiger partial charge in [0.15, 0.2) is 0 Å². The Labute approximate surface area is 182 Å². The van der Waals surface area contributed by atoms with Crippen LogP contribution in [0.4, 0.5) is 11.6 Å². The van der Waals surface area contributed by atoms with E-state index in [1.807, 2.05) is 67.6 Å². The number of nitrogens with two attached hydrogens (primary N) is 1. The SMILES string of the molecule is C/C(=N\Nc1nnc(SCC(=O)Nc2cccc3ccccc23)n1N)c1ccccn1. The highest BCUT2D eigenvalue weighted by atomic mass is 32.2. The van der Waals surface area contributed by atoms with Crippen LogP contribution in [0.15, 0.2) is 77.1 Å². The molecular formula is C21H20N8OS. The van der Waals surface area contributed by atoms with E-state index in [2.05, 4.69) is 31.0 Å². The van der Waals surface area contributed by atoms with Gasteiger partial charge in [0, 0.05) is 17.3 Å². The Morgan fingerprint density at radius 2 is 1.90 bits per heavy atom. The number of carbonyl (C=O) groups excluding carboxylic acids is 1. The van der Waals surface area contributed by atoms with Gasteiger partial charge in [-0.1, -0.05) is 54.2 Å². The Morgan fingerprint density at radius 3 is 2.74 bits per heavy atom. The van der Waals surface area contributed by atoms with Gasteiger partial charge in [0.05, 0.1) is 17.2 Å². The van der Waals surface area contributed by atoms with Crippen LogP contribution < -0.4 is 16.6 Å². The van der Waals surface area contributed by atoms with E-state index in [-0.39, 0.29) is 17.6 Å². The second-order valence-corrected chi connectivity index (χ2v) is 7.51. The first-order valence-electron chi connectivity index (χ1n) is 9.44. The van der Waals surface area contributed by atoms with Gasteiger partial charge in [-0.3, -0.25) is 9.78 Å². The van der Waals surface area contributed by atoms with Gasteiger partial charge in [-0.15, -0.1) is 10.2 Å². The lowest BCUT2D eigenvalue weighted by atomic mass is 10.1. The first-order chi connectivity index (χ1) is 15.1. The van der Waals surface area contributed by atoms with E-state index in [9.17, 15) is 4.79 Å². The predicted molar refractivity (Wildman–Crippen MR) is 124 cm³/mol. The molecule has 0 atom stereocenters. The summed E-state index contributed by atoms with van der Waals surface area (Å²) in [5.41, 5.74) is 4.95. The summed E-state index contributed by atoms with van der Waals surface area (Å²) in [5.74, 6) is 6.26. The molecule has 0 aliphatic carbocycles. The Morgan fingerprint density at radius 1 is 1.10 bits per heavy atom. The van der Waals surface area contributed by atoms with Crippen LogP contribution in [0, 0.1) is 0 Å². The average Bonchev–Trinajstić information content (AvgIpc) is 3.16. The number of carbonyl (C=O) groups is 1. The Balaban J connectivity index is 1.37. The topological polar surface area (TPSA) is 123 Å². The molecule has 4 aromatic rings. The number of fused-ring (bicyclic) bond motifs is 1. The van der Waals surface area contributed by atoms with E-state index in [0.717, 1.165) is 22.2 Å². The van der Waals surface area contributed by atoms with Crippen molar-refractivity contribution in [3.8, 4) is 0 Å². The molecule has 0 aliphatic heterocycles. The maximum absolute atomic E-state index is 12.4. The quantitative estimate of drug-likeness (QED) is 0.177. The van der Waals surface area contributed by atoms with Crippen molar-refractivity contribution in [1.29, 1.82) is 0 Å². The third-order valence-electron chi connectivity index (χ3n) is 4.42. The molecule has 0 spiro atoms.